The van der Waals surface area contributed by atoms with E-state index in [0.29, 0.717) is 17.9 Å². The predicted octanol–water partition coefficient (Wildman–Crippen LogP) is 2.23. The molecule has 6 N–H and O–H groups in total. The van der Waals surface area contributed by atoms with Gasteiger partial charge in [0.1, 0.15) is 28.6 Å². The molecule has 11 heteroatoms. The number of Topliss-reactive ketones (excluding diaryl/α,β-unsaturated/α-hetero) is 2. The number of phenols is 1. The predicted molar refractivity (Wildman–Crippen MR) is 156 cm³/mol. The van der Waals surface area contributed by atoms with Crippen molar-refractivity contribution >= 4 is 23.2 Å². The number of aliphatic hydroxyl groups is 3. The number of ether oxygens (including phenoxy) is 1. The van der Waals surface area contributed by atoms with Crippen LogP contribution in [0.2, 0.25) is 0 Å². The molecule has 11 nitrogen and oxygen atoms in total. The average Bonchev–Trinajstić information content (AvgIpc) is 2.87. The Morgan fingerprint density at radius 3 is 2.36 bits per heavy atom. The molecule has 0 radical (unpaired) electrons. The fourth-order valence-electron chi connectivity index (χ4n) is 6.81. The molecule has 0 unspecified atom stereocenters. The molecule has 230 valence electrons. The van der Waals surface area contributed by atoms with Crippen LogP contribution in [0.1, 0.15) is 57.2 Å². The number of benzene rings is 1. The molecule has 1 aromatic rings. The van der Waals surface area contributed by atoms with Gasteiger partial charge in [0, 0.05) is 29.2 Å². The molecule has 0 aromatic heterocycles. The van der Waals surface area contributed by atoms with E-state index in [-0.39, 0.29) is 35.1 Å². The highest BCUT2D eigenvalue weighted by atomic mass is 16.5. The molecule has 0 bridgehead atoms. The number of fused-ring (bicyclic) bond motifs is 3. The average molecular weight is 586 g/mol. The van der Waals surface area contributed by atoms with E-state index in [1.807, 2.05) is 0 Å². The van der Waals surface area contributed by atoms with Crippen molar-refractivity contribution in [3.63, 3.8) is 0 Å². The number of hydrogen-bond acceptors (Lipinski definition) is 10. The van der Waals surface area contributed by atoms with Crippen LogP contribution in [-0.2, 0) is 27.3 Å². The topological polar surface area (TPSA) is 174 Å². The highest BCUT2D eigenvalue weighted by molar-refractivity contribution is 6.24. The number of nitrogens with two attached hydrogens (primary N) is 1. The van der Waals surface area contributed by atoms with E-state index in [9.17, 15) is 34.8 Å². The van der Waals surface area contributed by atoms with E-state index in [1.54, 1.807) is 14.1 Å². The number of primary amides is 1. The Bertz CT molecular complexity index is 1390. The first kappa shape index (κ1) is 31.5. The number of aromatic hydroxyl groups is 1. The Morgan fingerprint density at radius 2 is 1.83 bits per heavy atom. The van der Waals surface area contributed by atoms with Gasteiger partial charge in [-0.05, 0) is 63.8 Å². The lowest BCUT2D eigenvalue weighted by atomic mass is 9.57. The number of amides is 1. The molecule has 0 saturated heterocycles. The normalized spacial score (nSPS) is 26.0. The molecule has 1 amide bonds. The first-order valence-electron chi connectivity index (χ1n) is 14.3. The van der Waals surface area contributed by atoms with Crippen molar-refractivity contribution in [2.24, 2.45) is 23.0 Å². The second-order valence-corrected chi connectivity index (χ2v) is 13.1. The van der Waals surface area contributed by atoms with Gasteiger partial charge < -0.3 is 30.9 Å². The van der Waals surface area contributed by atoms with Crippen molar-refractivity contribution in [3.8, 4) is 11.5 Å². The number of carbonyl (C=O) groups excluding carboxylic acids is 3. The third-order valence-electron chi connectivity index (χ3n) is 8.97. The maximum absolute atomic E-state index is 14.0. The van der Waals surface area contributed by atoms with Gasteiger partial charge in [-0.3, -0.25) is 24.2 Å². The Balaban J connectivity index is 1.85. The zero-order valence-corrected chi connectivity index (χ0v) is 25.4. The number of ketones is 2. The number of aliphatic hydroxyl groups excluding tert-OH is 2. The van der Waals surface area contributed by atoms with Crippen LogP contribution in [0.4, 0.5) is 0 Å². The molecule has 3 aliphatic rings. The van der Waals surface area contributed by atoms with Crippen LogP contribution in [0.3, 0.4) is 0 Å². The van der Waals surface area contributed by atoms with Gasteiger partial charge in [-0.25, -0.2) is 0 Å². The number of methoxy groups -OCH3 is 1. The van der Waals surface area contributed by atoms with Crippen LogP contribution >= 0.6 is 0 Å². The lowest BCUT2D eigenvalue weighted by molar-refractivity contribution is -0.153. The molecule has 1 saturated carbocycles. The summed E-state index contributed by atoms with van der Waals surface area (Å²) < 4.78 is 5.84. The smallest absolute Gasteiger partial charge is 0.255 e. The van der Waals surface area contributed by atoms with Gasteiger partial charge >= 0.3 is 0 Å². The largest absolute Gasteiger partial charge is 0.508 e. The van der Waals surface area contributed by atoms with Crippen LogP contribution in [0.5, 0.6) is 11.5 Å². The number of nitrogens with zero attached hydrogens (tertiary/aromatic N) is 2. The second kappa shape index (κ2) is 11.0. The molecule has 1 aromatic carbocycles. The summed E-state index contributed by atoms with van der Waals surface area (Å²) in [6.07, 6.45) is 1.16. The van der Waals surface area contributed by atoms with Crippen LogP contribution in [-0.4, -0.2) is 93.6 Å². The number of phenolic OH excluding ortho intramolecular Hbond substituents is 1. The minimum atomic E-state index is -2.67. The SMILES string of the molecule is CCN(CCC(C)(C)C)Cc1cc(O)c2c(c1OC)C[C@H]1C[C@H]3[C@H](N(C)C)C(=O)C(C(N)=O)=C(O)[C@@]3(O)C(=O)C1=C2O. The molecular weight excluding hydrogens is 542 g/mol. The zero-order chi connectivity index (χ0) is 31.5. The van der Waals surface area contributed by atoms with Gasteiger partial charge in [0.05, 0.1) is 18.7 Å². The fraction of sp³-hybridized carbons (Fsp3) is 0.581. The third-order valence-corrected chi connectivity index (χ3v) is 8.97. The van der Waals surface area contributed by atoms with Gasteiger partial charge in [0.25, 0.3) is 5.91 Å². The van der Waals surface area contributed by atoms with Crippen LogP contribution < -0.4 is 10.5 Å². The summed E-state index contributed by atoms with van der Waals surface area (Å²) >= 11 is 0. The molecule has 1 fully saturated rings. The lowest BCUT2D eigenvalue weighted by Gasteiger charge is -2.50. The quantitative estimate of drug-likeness (QED) is 0.285. The van der Waals surface area contributed by atoms with E-state index in [2.05, 4.69) is 32.6 Å². The minimum Gasteiger partial charge on any atom is -0.508 e. The van der Waals surface area contributed by atoms with E-state index in [0.717, 1.165) is 25.1 Å². The fourth-order valence-corrected chi connectivity index (χ4v) is 6.81. The number of rotatable bonds is 8. The second-order valence-electron chi connectivity index (χ2n) is 13.1. The lowest BCUT2D eigenvalue weighted by Crippen LogP contribution is -2.65. The Labute approximate surface area is 246 Å². The highest BCUT2D eigenvalue weighted by Gasteiger charge is 2.64. The van der Waals surface area contributed by atoms with Crippen LogP contribution in [0.25, 0.3) is 5.76 Å². The Morgan fingerprint density at radius 1 is 1.19 bits per heavy atom. The third kappa shape index (κ3) is 4.97. The van der Waals surface area contributed by atoms with Crippen molar-refractivity contribution in [2.75, 3.05) is 34.3 Å². The van der Waals surface area contributed by atoms with Gasteiger partial charge in [-0.1, -0.05) is 27.7 Å². The molecule has 4 atom stereocenters. The van der Waals surface area contributed by atoms with E-state index in [1.165, 1.54) is 18.1 Å². The number of likely N-dealkylation sites (N-methyl/N-ethyl adjacent to an activating group) is 1. The van der Waals surface area contributed by atoms with E-state index in [4.69, 9.17) is 10.5 Å². The van der Waals surface area contributed by atoms with Crippen molar-refractivity contribution < 1.29 is 39.5 Å². The maximum Gasteiger partial charge on any atom is 0.255 e. The molecule has 42 heavy (non-hydrogen) atoms. The number of hydrogen-bond donors (Lipinski definition) is 5. The molecule has 3 aliphatic carbocycles. The van der Waals surface area contributed by atoms with Crippen molar-refractivity contribution in [2.45, 2.75) is 65.1 Å². The van der Waals surface area contributed by atoms with Gasteiger partial charge in [-0.15, -0.1) is 0 Å². The van der Waals surface area contributed by atoms with E-state index < -0.39 is 58.0 Å². The first-order valence-corrected chi connectivity index (χ1v) is 14.3. The summed E-state index contributed by atoms with van der Waals surface area (Å²) in [6.45, 7) is 10.7. The number of carbonyl (C=O) groups is 3. The van der Waals surface area contributed by atoms with Crippen molar-refractivity contribution in [1.29, 1.82) is 0 Å². The first-order chi connectivity index (χ1) is 19.5. The van der Waals surface area contributed by atoms with Crippen molar-refractivity contribution in [1.82, 2.24) is 9.80 Å². The van der Waals surface area contributed by atoms with Gasteiger partial charge in [0.15, 0.2) is 11.4 Å². The molecule has 0 aliphatic heterocycles. The molecule has 0 heterocycles. The van der Waals surface area contributed by atoms with E-state index >= 15 is 0 Å². The molecule has 4 rings (SSSR count). The summed E-state index contributed by atoms with van der Waals surface area (Å²) in [5.74, 6) is -6.29. The van der Waals surface area contributed by atoms with Crippen LogP contribution in [0, 0.1) is 17.3 Å². The van der Waals surface area contributed by atoms with Gasteiger partial charge in [-0.2, -0.15) is 0 Å². The van der Waals surface area contributed by atoms with Crippen molar-refractivity contribution in [3.05, 3.63) is 39.7 Å². The van der Waals surface area contributed by atoms with Gasteiger partial charge in [0.2, 0.25) is 5.78 Å². The standard InChI is InChI=1S/C31H43N3O8/c1-8-34(10-9-30(2,3)4)14-16-13-19(35)21-17(26(16)42-7)11-15-12-18-23(33(5)6)25(37)22(29(32)40)28(39)31(18,41)27(38)20(15)24(21)36/h13,15,18,23,35-36,39,41H,8-12,14H2,1-7H3,(H2,32,40)/t15-,18-,23-,31-/m0/s1. The molecular formula is C31H43N3O8. The zero-order valence-electron chi connectivity index (χ0n) is 25.4. The Hall–Kier alpha value is -3.41. The summed E-state index contributed by atoms with van der Waals surface area (Å²) in [7, 11) is 4.65. The molecule has 0 spiro atoms. The van der Waals surface area contributed by atoms with Crippen LogP contribution in [0.15, 0.2) is 23.0 Å². The summed E-state index contributed by atoms with van der Waals surface area (Å²) in [5, 5.41) is 45.3. The Kier molecular flexibility index (Phi) is 8.27. The minimum absolute atomic E-state index is 0.0182. The monoisotopic (exact) mass is 585 g/mol. The highest BCUT2D eigenvalue weighted by Crippen LogP contribution is 2.54. The summed E-state index contributed by atoms with van der Waals surface area (Å²) in [5.41, 5.74) is 3.10. The maximum atomic E-state index is 14.0. The summed E-state index contributed by atoms with van der Waals surface area (Å²) in [6, 6.07) is 0.383. The summed E-state index contributed by atoms with van der Waals surface area (Å²) in [4.78, 5) is 43.1.